The summed E-state index contributed by atoms with van der Waals surface area (Å²) in [6.45, 7) is 1.80. The largest absolute Gasteiger partial charge is 0.493 e. The van der Waals surface area contributed by atoms with E-state index in [4.69, 9.17) is 11.6 Å². The minimum absolute atomic E-state index is 0.0688. The number of H-pyrrole nitrogens is 1. The second-order valence-corrected chi connectivity index (χ2v) is 7.29. The number of benzene rings is 2. The normalized spacial score (nSPS) is 14.8. The van der Waals surface area contributed by atoms with Gasteiger partial charge in [-0.05, 0) is 42.3 Å². The van der Waals surface area contributed by atoms with E-state index in [1.165, 1.54) is 12.3 Å². The summed E-state index contributed by atoms with van der Waals surface area (Å²) < 4.78 is 27.5. The van der Waals surface area contributed by atoms with Crippen molar-refractivity contribution in [2.24, 2.45) is 4.99 Å². The van der Waals surface area contributed by atoms with Crippen LogP contribution in [-0.4, -0.2) is 31.9 Å². The third kappa shape index (κ3) is 3.42. The van der Waals surface area contributed by atoms with Gasteiger partial charge in [-0.15, -0.1) is 0 Å². The Labute approximate surface area is 178 Å². The lowest BCUT2D eigenvalue weighted by atomic mass is 10.0. The Bertz CT molecular complexity index is 1360. The average Bonchev–Trinajstić information content (AvgIpc) is 3.24. The van der Waals surface area contributed by atoms with E-state index in [2.05, 4.69) is 9.98 Å². The van der Waals surface area contributed by atoms with Crippen molar-refractivity contribution in [1.82, 2.24) is 9.55 Å². The molecular weight excluding hydrogens is 432 g/mol. The minimum Gasteiger partial charge on any atom is -0.493 e. The van der Waals surface area contributed by atoms with Crippen molar-refractivity contribution in [3.05, 3.63) is 79.9 Å². The van der Waals surface area contributed by atoms with Crippen molar-refractivity contribution in [3.8, 4) is 5.88 Å². The number of fused-ring (bicyclic) bond motifs is 1. The van der Waals surface area contributed by atoms with E-state index < -0.39 is 35.2 Å². The fraction of sp³-hybridized carbons (Fsp3) is 0.0952. The van der Waals surface area contributed by atoms with Crippen LogP contribution in [0.2, 0.25) is 5.02 Å². The maximum absolute atomic E-state index is 13.6. The number of allylic oxidation sites excluding steroid dienone is 1. The Morgan fingerprint density at radius 1 is 1.26 bits per heavy atom. The number of hydrogen-bond donors (Lipinski definition) is 3. The zero-order valence-corrected chi connectivity index (χ0v) is 16.6. The topological polar surface area (TPSA) is 108 Å². The molecule has 0 fully saturated rings. The fourth-order valence-electron chi connectivity index (χ4n) is 3.43. The number of nitrogens with zero attached hydrogens (tertiary/aromatic N) is 2. The molecule has 10 heteroatoms. The number of aliphatic carboxylic acids is 1. The Hall–Kier alpha value is -3.72. The molecule has 0 saturated carbocycles. The molecule has 7 nitrogen and oxygen atoms in total. The fourth-order valence-corrected chi connectivity index (χ4v) is 3.58. The summed E-state index contributed by atoms with van der Waals surface area (Å²) in [5, 5.41) is 20.8. The molecule has 31 heavy (non-hydrogen) atoms. The van der Waals surface area contributed by atoms with Crippen molar-refractivity contribution in [2.45, 2.75) is 13.0 Å². The lowest BCUT2D eigenvalue weighted by Gasteiger charge is -2.14. The van der Waals surface area contributed by atoms with E-state index in [0.717, 1.165) is 17.7 Å². The van der Waals surface area contributed by atoms with Crippen LogP contribution >= 0.6 is 11.6 Å². The molecule has 4 rings (SSSR count). The van der Waals surface area contributed by atoms with Crippen LogP contribution < -0.4 is 5.69 Å². The van der Waals surface area contributed by atoms with Gasteiger partial charge in [0.2, 0.25) is 5.88 Å². The third-order valence-electron chi connectivity index (χ3n) is 4.99. The summed E-state index contributed by atoms with van der Waals surface area (Å²) in [7, 11) is 0. The number of aromatic hydroxyl groups is 1. The predicted octanol–water partition coefficient (Wildman–Crippen LogP) is 4.05. The van der Waals surface area contributed by atoms with Crippen LogP contribution in [0, 0.1) is 18.6 Å². The molecule has 0 aliphatic carbocycles. The van der Waals surface area contributed by atoms with E-state index >= 15 is 0 Å². The number of imidazole rings is 1. The summed E-state index contributed by atoms with van der Waals surface area (Å²) in [6, 6.07) is 4.08. The maximum Gasteiger partial charge on any atom is 0.331 e. The molecule has 2 heterocycles. The minimum atomic E-state index is -1.78. The Balaban J connectivity index is 1.82. The number of rotatable bonds is 4. The van der Waals surface area contributed by atoms with Crippen molar-refractivity contribution >= 4 is 41.1 Å². The lowest BCUT2D eigenvalue weighted by Crippen LogP contribution is -2.28. The highest BCUT2D eigenvalue weighted by atomic mass is 35.5. The highest BCUT2D eigenvalue weighted by Crippen LogP contribution is 2.39. The number of aliphatic imine (C=N–C) groups is 1. The molecule has 3 N–H and O–H groups in total. The van der Waals surface area contributed by atoms with Crippen LogP contribution in [0.3, 0.4) is 0 Å². The molecular formula is C21H14ClF2N3O4. The van der Waals surface area contributed by atoms with E-state index in [0.29, 0.717) is 32.5 Å². The van der Waals surface area contributed by atoms with Gasteiger partial charge >= 0.3 is 11.7 Å². The highest BCUT2D eigenvalue weighted by Gasteiger charge is 2.29. The zero-order valence-electron chi connectivity index (χ0n) is 15.9. The van der Waals surface area contributed by atoms with E-state index in [1.54, 1.807) is 19.1 Å². The zero-order chi connectivity index (χ0) is 22.4. The number of nitrogens with one attached hydrogen (secondary N) is 1. The smallest absolute Gasteiger partial charge is 0.331 e. The van der Waals surface area contributed by atoms with Crippen LogP contribution in [0.15, 0.2) is 40.1 Å². The first-order chi connectivity index (χ1) is 14.7. The van der Waals surface area contributed by atoms with Crippen molar-refractivity contribution in [2.75, 3.05) is 0 Å². The second-order valence-electron chi connectivity index (χ2n) is 6.88. The molecule has 0 bridgehead atoms. The summed E-state index contributed by atoms with van der Waals surface area (Å²) in [5.41, 5.74) is 1.44. The monoisotopic (exact) mass is 445 g/mol. The molecule has 1 unspecified atom stereocenters. The molecule has 3 aromatic rings. The number of aromatic nitrogens is 2. The molecule has 1 aliphatic rings. The van der Waals surface area contributed by atoms with E-state index in [9.17, 15) is 28.6 Å². The average molecular weight is 446 g/mol. The van der Waals surface area contributed by atoms with Gasteiger partial charge in [0.05, 0.1) is 5.69 Å². The first kappa shape index (κ1) is 20.5. The number of aromatic amines is 1. The van der Waals surface area contributed by atoms with Gasteiger partial charge in [-0.1, -0.05) is 23.7 Å². The van der Waals surface area contributed by atoms with Gasteiger partial charge in [-0.25, -0.2) is 22.9 Å². The van der Waals surface area contributed by atoms with Gasteiger partial charge in [0.25, 0.3) is 0 Å². The second kappa shape index (κ2) is 7.51. The Morgan fingerprint density at radius 3 is 2.68 bits per heavy atom. The quantitative estimate of drug-likeness (QED) is 0.563. The summed E-state index contributed by atoms with van der Waals surface area (Å²) in [4.78, 5) is 31.0. The van der Waals surface area contributed by atoms with Crippen LogP contribution in [0.1, 0.15) is 28.4 Å². The molecule has 1 aromatic heterocycles. The van der Waals surface area contributed by atoms with Crippen molar-refractivity contribution in [3.63, 3.8) is 0 Å². The molecule has 0 radical (unpaired) electrons. The standard InChI is InChI=1S/C21H14ClF2N3O4/c1-9-13(22)4-3-12-11(8-25-17(9)12)7-16-19(28)27(21(31)26-16)18(20(29)30)10-2-5-14(23)15(24)6-10/h2-8,18,28H,1H3,(H,26,31)(H,29,30)/b11-7+. The van der Waals surface area contributed by atoms with Gasteiger partial charge < -0.3 is 15.2 Å². The SMILES string of the molecule is Cc1c(Cl)ccc2c1N=C/C2=C\c1[nH]c(=O)n(C(C(=O)O)c2ccc(F)c(F)c2)c1O. The van der Waals surface area contributed by atoms with Gasteiger partial charge in [0.15, 0.2) is 17.7 Å². The molecule has 0 amide bonds. The van der Waals surface area contributed by atoms with Gasteiger partial charge in [0.1, 0.15) is 5.69 Å². The molecule has 0 saturated heterocycles. The predicted molar refractivity (Wildman–Crippen MR) is 111 cm³/mol. The summed E-state index contributed by atoms with van der Waals surface area (Å²) in [5.74, 6) is -4.66. The third-order valence-corrected chi connectivity index (χ3v) is 5.40. The first-order valence-electron chi connectivity index (χ1n) is 8.95. The number of carboxylic acids is 1. The Kier molecular flexibility index (Phi) is 4.98. The molecule has 2 aromatic carbocycles. The Morgan fingerprint density at radius 2 is 2.00 bits per heavy atom. The van der Waals surface area contributed by atoms with Gasteiger partial charge in [0, 0.05) is 22.4 Å². The van der Waals surface area contributed by atoms with Crippen LogP contribution in [-0.2, 0) is 4.79 Å². The van der Waals surface area contributed by atoms with E-state index in [1.807, 2.05) is 0 Å². The molecule has 1 atom stereocenters. The highest BCUT2D eigenvalue weighted by molar-refractivity contribution is 6.32. The number of carbonyl (C=O) groups is 1. The molecule has 1 aliphatic heterocycles. The maximum atomic E-state index is 13.6. The van der Waals surface area contributed by atoms with Gasteiger partial charge in [-0.2, -0.15) is 0 Å². The first-order valence-corrected chi connectivity index (χ1v) is 9.33. The van der Waals surface area contributed by atoms with Crippen LogP contribution in [0.4, 0.5) is 14.5 Å². The lowest BCUT2D eigenvalue weighted by molar-refractivity contribution is -0.139. The number of carboxylic acid groups (broad SMARTS) is 1. The summed E-state index contributed by atoms with van der Waals surface area (Å²) in [6.07, 6.45) is 2.95. The van der Waals surface area contributed by atoms with Crippen molar-refractivity contribution in [1.29, 1.82) is 0 Å². The van der Waals surface area contributed by atoms with Crippen LogP contribution in [0.25, 0.3) is 11.6 Å². The molecule has 0 spiro atoms. The summed E-state index contributed by atoms with van der Waals surface area (Å²) >= 11 is 6.10. The van der Waals surface area contributed by atoms with Gasteiger partial charge in [-0.3, -0.25) is 4.99 Å². The van der Waals surface area contributed by atoms with Crippen LogP contribution in [0.5, 0.6) is 5.88 Å². The number of hydrogen-bond acceptors (Lipinski definition) is 4. The van der Waals surface area contributed by atoms with E-state index in [-0.39, 0.29) is 11.3 Å². The number of halogens is 3. The molecule has 158 valence electrons. The van der Waals surface area contributed by atoms with Crippen molar-refractivity contribution < 1.29 is 23.8 Å².